The standard InChI is InChI=1S/C10H16O3/c1-2-12-10(7-11)6-5-8-3-4-9(10)13-8/h7-9H,2-6H2,1H3. The molecule has 2 fully saturated rings. The van der Waals surface area contributed by atoms with Crippen LogP contribution < -0.4 is 0 Å². The fraction of sp³-hybridized carbons (Fsp3) is 0.900. The Morgan fingerprint density at radius 3 is 3.08 bits per heavy atom. The van der Waals surface area contributed by atoms with Crippen molar-refractivity contribution in [2.75, 3.05) is 6.61 Å². The largest absolute Gasteiger partial charge is 0.372 e. The molecule has 0 saturated carbocycles. The fourth-order valence-corrected chi connectivity index (χ4v) is 2.43. The second-order valence-electron chi connectivity index (χ2n) is 3.87. The predicted octanol–water partition coefficient (Wildman–Crippen LogP) is 1.30. The maximum absolute atomic E-state index is 11.1. The summed E-state index contributed by atoms with van der Waals surface area (Å²) < 4.78 is 11.3. The molecule has 2 heterocycles. The molecular weight excluding hydrogens is 168 g/mol. The Hall–Kier alpha value is -0.410. The molecule has 2 bridgehead atoms. The Morgan fingerprint density at radius 1 is 1.54 bits per heavy atom. The molecule has 74 valence electrons. The van der Waals surface area contributed by atoms with E-state index in [0.29, 0.717) is 12.7 Å². The minimum atomic E-state index is -0.623. The predicted molar refractivity (Wildman–Crippen MR) is 47.6 cm³/mol. The molecule has 13 heavy (non-hydrogen) atoms. The maximum atomic E-state index is 11.1. The van der Waals surface area contributed by atoms with Crippen molar-refractivity contribution in [1.82, 2.24) is 0 Å². The Labute approximate surface area is 78.4 Å². The summed E-state index contributed by atoms with van der Waals surface area (Å²) in [7, 11) is 0. The quantitative estimate of drug-likeness (QED) is 0.620. The molecule has 0 aliphatic carbocycles. The van der Waals surface area contributed by atoms with Gasteiger partial charge in [-0.15, -0.1) is 0 Å². The highest BCUT2D eigenvalue weighted by atomic mass is 16.6. The van der Waals surface area contributed by atoms with Gasteiger partial charge in [0.25, 0.3) is 0 Å². The molecule has 0 spiro atoms. The van der Waals surface area contributed by atoms with E-state index in [4.69, 9.17) is 9.47 Å². The van der Waals surface area contributed by atoms with Crippen molar-refractivity contribution >= 4 is 6.29 Å². The van der Waals surface area contributed by atoms with Crippen molar-refractivity contribution in [3.05, 3.63) is 0 Å². The summed E-state index contributed by atoms with van der Waals surface area (Å²) in [6.07, 6.45) is 5.22. The topological polar surface area (TPSA) is 35.5 Å². The highest BCUT2D eigenvalue weighted by Crippen LogP contribution is 2.40. The Balaban J connectivity index is 2.14. The number of rotatable bonds is 3. The molecule has 2 rings (SSSR count). The molecule has 0 amide bonds. The van der Waals surface area contributed by atoms with Gasteiger partial charge in [0.2, 0.25) is 0 Å². The smallest absolute Gasteiger partial charge is 0.154 e. The molecular formula is C10H16O3. The van der Waals surface area contributed by atoms with Gasteiger partial charge >= 0.3 is 0 Å². The molecule has 0 aromatic carbocycles. The Morgan fingerprint density at radius 2 is 2.38 bits per heavy atom. The molecule has 3 unspecified atom stereocenters. The number of hydrogen-bond donors (Lipinski definition) is 0. The molecule has 3 atom stereocenters. The van der Waals surface area contributed by atoms with Crippen LogP contribution in [0.2, 0.25) is 0 Å². The second-order valence-corrected chi connectivity index (χ2v) is 3.87. The third kappa shape index (κ3) is 1.40. The van der Waals surface area contributed by atoms with E-state index < -0.39 is 5.60 Å². The van der Waals surface area contributed by atoms with E-state index in [2.05, 4.69) is 0 Å². The van der Waals surface area contributed by atoms with Crippen LogP contribution in [0.25, 0.3) is 0 Å². The SMILES string of the molecule is CCOC1(C=O)CCC2CCC1O2. The van der Waals surface area contributed by atoms with Gasteiger partial charge in [-0.05, 0) is 32.6 Å². The molecule has 2 saturated heterocycles. The lowest BCUT2D eigenvalue weighted by atomic mass is 9.91. The summed E-state index contributed by atoms with van der Waals surface area (Å²) in [6, 6.07) is 0. The average Bonchev–Trinajstić information content (AvgIpc) is 2.56. The van der Waals surface area contributed by atoms with Gasteiger partial charge in [0.1, 0.15) is 5.60 Å². The van der Waals surface area contributed by atoms with Crippen LogP contribution in [0.3, 0.4) is 0 Å². The molecule has 0 aromatic rings. The highest BCUT2D eigenvalue weighted by Gasteiger charge is 2.48. The van der Waals surface area contributed by atoms with Gasteiger partial charge in [0, 0.05) is 6.61 Å². The molecule has 3 heteroatoms. The van der Waals surface area contributed by atoms with Crippen LogP contribution in [-0.4, -0.2) is 30.7 Å². The molecule has 2 aliphatic heterocycles. The van der Waals surface area contributed by atoms with Gasteiger partial charge in [-0.3, -0.25) is 0 Å². The number of ether oxygens (including phenoxy) is 2. The normalized spacial score (nSPS) is 43.5. The maximum Gasteiger partial charge on any atom is 0.154 e. The Kier molecular flexibility index (Phi) is 2.39. The first-order valence-corrected chi connectivity index (χ1v) is 5.06. The van der Waals surface area contributed by atoms with Crippen molar-refractivity contribution in [1.29, 1.82) is 0 Å². The minimum absolute atomic E-state index is 0.0173. The van der Waals surface area contributed by atoms with E-state index in [0.717, 1.165) is 32.0 Å². The van der Waals surface area contributed by atoms with E-state index in [1.807, 2.05) is 6.92 Å². The van der Waals surface area contributed by atoms with E-state index in [9.17, 15) is 4.79 Å². The van der Waals surface area contributed by atoms with Crippen molar-refractivity contribution < 1.29 is 14.3 Å². The third-order valence-corrected chi connectivity index (χ3v) is 3.12. The fourth-order valence-electron chi connectivity index (χ4n) is 2.43. The van der Waals surface area contributed by atoms with Crippen LogP contribution in [-0.2, 0) is 14.3 Å². The van der Waals surface area contributed by atoms with Crippen molar-refractivity contribution in [3.63, 3.8) is 0 Å². The monoisotopic (exact) mass is 184 g/mol. The molecule has 3 nitrogen and oxygen atoms in total. The van der Waals surface area contributed by atoms with Crippen LogP contribution in [0.4, 0.5) is 0 Å². The number of carbonyl (C=O) groups excluding carboxylic acids is 1. The van der Waals surface area contributed by atoms with E-state index in [-0.39, 0.29) is 6.10 Å². The Bertz CT molecular complexity index is 204. The molecule has 0 aromatic heterocycles. The lowest BCUT2D eigenvalue weighted by Gasteiger charge is -2.37. The second kappa shape index (κ2) is 3.39. The summed E-state index contributed by atoms with van der Waals surface area (Å²) in [6.45, 7) is 2.51. The summed E-state index contributed by atoms with van der Waals surface area (Å²) in [4.78, 5) is 11.1. The number of hydrogen-bond acceptors (Lipinski definition) is 3. The summed E-state index contributed by atoms with van der Waals surface area (Å²) in [5, 5.41) is 0. The van der Waals surface area contributed by atoms with Crippen LogP contribution in [0.5, 0.6) is 0 Å². The van der Waals surface area contributed by atoms with E-state index in [1.165, 1.54) is 0 Å². The summed E-state index contributed by atoms with van der Waals surface area (Å²) in [5.41, 5.74) is -0.623. The lowest BCUT2D eigenvalue weighted by Crippen LogP contribution is -2.49. The number of carbonyl (C=O) groups is 1. The van der Waals surface area contributed by atoms with Crippen LogP contribution in [0.1, 0.15) is 32.6 Å². The highest BCUT2D eigenvalue weighted by molar-refractivity contribution is 5.64. The van der Waals surface area contributed by atoms with Crippen molar-refractivity contribution in [3.8, 4) is 0 Å². The van der Waals surface area contributed by atoms with Gasteiger partial charge in [0.05, 0.1) is 12.2 Å². The van der Waals surface area contributed by atoms with E-state index >= 15 is 0 Å². The zero-order valence-electron chi connectivity index (χ0n) is 7.99. The third-order valence-electron chi connectivity index (χ3n) is 3.12. The van der Waals surface area contributed by atoms with Gasteiger partial charge in [-0.25, -0.2) is 0 Å². The first kappa shape index (κ1) is 9.16. The summed E-state index contributed by atoms with van der Waals surface area (Å²) in [5.74, 6) is 0. The van der Waals surface area contributed by atoms with Crippen LogP contribution in [0, 0.1) is 0 Å². The van der Waals surface area contributed by atoms with Crippen LogP contribution >= 0.6 is 0 Å². The average molecular weight is 184 g/mol. The van der Waals surface area contributed by atoms with Gasteiger partial charge in [0.15, 0.2) is 6.29 Å². The number of fused-ring (bicyclic) bond motifs is 2. The first-order chi connectivity index (χ1) is 6.30. The summed E-state index contributed by atoms with van der Waals surface area (Å²) >= 11 is 0. The minimum Gasteiger partial charge on any atom is -0.372 e. The van der Waals surface area contributed by atoms with Crippen molar-refractivity contribution in [2.45, 2.75) is 50.4 Å². The zero-order valence-corrected chi connectivity index (χ0v) is 7.99. The van der Waals surface area contributed by atoms with Gasteiger partial charge < -0.3 is 14.3 Å². The van der Waals surface area contributed by atoms with E-state index in [1.54, 1.807) is 0 Å². The van der Waals surface area contributed by atoms with Crippen LogP contribution in [0.15, 0.2) is 0 Å². The first-order valence-electron chi connectivity index (χ1n) is 5.06. The zero-order chi connectivity index (χ0) is 9.31. The molecule has 0 N–H and O–H groups in total. The molecule has 0 radical (unpaired) electrons. The molecule has 2 aliphatic rings. The number of aldehydes is 1. The van der Waals surface area contributed by atoms with Crippen molar-refractivity contribution in [2.24, 2.45) is 0 Å². The lowest BCUT2D eigenvalue weighted by molar-refractivity contribution is -0.173. The van der Waals surface area contributed by atoms with Gasteiger partial charge in [-0.2, -0.15) is 0 Å². The van der Waals surface area contributed by atoms with Gasteiger partial charge in [-0.1, -0.05) is 0 Å².